The van der Waals surface area contributed by atoms with E-state index in [4.69, 9.17) is 4.74 Å². The van der Waals surface area contributed by atoms with Gasteiger partial charge in [-0.3, -0.25) is 9.78 Å². The van der Waals surface area contributed by atoms with E-state index in [-0.39, 0.29) is 23.1 Å². The predicted molar refractivity (Wildman–Crippen MR) is 105 cm³/mol. The second-order valence-electron chi connectivity index (χ2n) is 6.87. The molecule has 0 aliphatic carbocycles. The summed E-state index contributed by atoms with van der Waals surface area (Å²) >= 11 is 0. The maximum atomic E-state index is 12.5. The molecule has 1 amide bonds. The third kappa shape index (κ3) is 5.30. The van der Waals surface area contributed by atoms with Crippen LogP contribution in [0.3, 0.4) is 0 Å². The molecule has 8 heteroatoms. The molecule has 1 atom stereocenters. The summed E-state index contributed by atoms with van der Waals surface area (Å²) in [6.07, 6.45) is 3.70. The summed E-state index contributed by atoms with van der Waals surface area (Å²) in [6, 6.07) is 11.8. The molecule has 1 aromatic heterocycles. The van der Waals surface area contributed by atoms with E-state index in [9.17, 15) is 13.2 Å². The highest BCUT2D eigenvalue weighted by molar-refractivity contribution is 7.89. The van der Waals surface area contributed by atoms with Gasteiger partial charge in [-0.25, -0.2) is 13.1 Å². The van der Waals surface area contributed by atoms with Crippen LogP contribution in [0.2, 0.25) is 0 Å². The third-order valence-electron chi connectivity index (χ3n) is 4.86. The minimum Gasteiger partial charge on any atom is -0.497 e. The molecule has 3 rings (SSSR count). The van der Waals surface area contributed by atoms with Crippen LogP contribution >= 0.6 is 0 Å². The average molecular weight is 404 g/mol. The minimum atomic E-state index is -3.59. The Morgan fingerprint density at radius 1 is 1.25 bits per heavy atom. The first kappa shape index (κ1) is 20.3. The Hall–Kier alpha value is -2.45. The van der Waals surface area contributed by atoms with Gasteiger partial charge in [-0.05, 0) is 55.2 Å². The molecule has 1 aliphatic heterocycles. The first-order valence-corrected chi connectivity index (χ1v) is 10.8. The van der Waals surface area contributed by atoms with Crippen molar-refractivity contribution in [3.05, 3.63) is 54.4 Å². The zero-order valence-electron chi connectivity index (χ0n) is 15.9. The van der Waals surface area contributed by atoms with Crippen LogP contribution in [0, 0.1) is 5.92 Å². The lowest BCUT2D eigenvalue weighted by Crippen LogP contribution is -2.44. The molecule has 2 heterocycles. The molecule has 28 heavy (non-hydrogen) atoms. The summed E-state index contributed by atoms with van der Waals surface area (Å²) in [7, 11) is -2.06. The molecule has 7 nitrogen and oxygen atoms in total. The number of carbonyl (C=O) groups excluding carboxylic acids is 1. The number of ether oxygens (including phenoxy) is 1. The van der Waals surface area contributed by atoms with Gasteiger partial charge in [0, 0.05) is 31.5 Å². The van der Waals surface area contributed by atoms with E-state index in [1.165, 1.54) is 19.2 Å². The highest BCUT2D eigenvalue weighted by atomic mass is 32.2. The van der Waals surface area contributed by atoms with Crippen LogP contribution in [0.4, 0.5) is 0 Å². The number of rotatable bonds is 7. The standard InChI is InChI=1S/C20H25N3O4S/c1-27-18-7-9-19(10-8-18)28(25,26)22-14-16-5-4-12-23(15-16)20(24)13-17-6-2-3-11-21-17/h2-3,6-11,16,22H,4-5,12-15H2,1H3. The number of carbonyl (C=O) groups is 1. The molecule has 1 fully saturated rings. The molecule has 0 saturated carbocycles. The minimum absolute atomic E-state index is 0.0291. The Kier molecular flexibility index (Phi) is 6.64. The van der Waals surface area contributed by atoms with Gasteiger partial charge < -0.3 is 9.64 Å². The summed E-state index contributed by atoms with van der Waals surface area (Å²) < 4.78 is 32.7. The molecule has 0 radical (unpaired) electrons. The highest BCUT2D eigenvalue weighted by Gasteiger charge is 2.25. The number of likely N-dealkylation sites (tertiary alicyclic amines) is 1. The van der Waals surface area contributed by atoms with Gasteiger partial charge in [0.2, 0.25) is 15.9 Å². The van der Waals surface area contributed by atoms with Gasteiger partial charge in [0.25, 0.3) is 0 Å². The zero-order valence-corrected chi connectivity index (χ0v) is 16.7. The number of methoxy groups -OCH3 is 1. The summed E-state index contributed by atoms with van der Waals surface area (Å²) in [4.78, 5) is 18.7. The van der Waals surface area contributed by atoms with Crippen LogP contribution < -0.4 is 9.46 Å². The number of sulfonamides is 1. The number of amides is 1. The lowest BCUT2D eigenvalue weighted by atomic mass is 9.98. The van der Waals surface area contributed by atoms with Gasteiger partial charge >= 0.3 is 0 Å². The number of hydrogen-bond acceptors (Lipinski definition) is 5. The zero-order chi connectivity index (χ0) is 20.0. The Balaban J connectivity index is 1.54. The fourth-order valence-electron chi connectivity index (χ4n) is 3.29. The summed E-state index contributed by atoms with van der Waals surface area (Å²) in [5.74, 6) is 0.726. The first-order chi connectivity index (χ1) is 13.5. The molecular formula is C20H25N3O4S. The van der Waals surface area contributed by atoms with E-state index in [1.54, 1.807) is 18.3 Å². The first-order valence-electron chi connectivity index (χ1n) is 9.29. The Bertz CT molecular complexity index is 885. The van der Waals surface area contributed by atoms with Gasteiger partial charge in [0.05, 0.1) is 18.4 Å². The van der Waals surface area contributed by atoms with Crippen molar-refractivity contribution in [2.75, 3.05) is 26.7 Å². The van der Waals surface area contributed by atoms with E-state index in [0.717, 1.165) is 18.5 Å². The van der Waals surface area contributed by atoms with E-state index < -0.39 is 10.0 Å². The largest absolute Gasteiger partial charge is 0.497 e. The number of nitrogens with zero attached hydrogens (tertiary/aromatic N) is 2. The molecule has 1 aliphatic rings. The van der Waals surface area contributed by atoms with Crippen molar-refractivity contribution < 1.29 is 17.9 Å². The molecule has 1 aromatic carbocycles. The van der Waals surface area contributed by atoms with E-state index in [2.05, 4.69) is 9.71 Å². The van der Waals surface area contributed by atoms with Crippen molar-refractivity contribution in [2.24, 2.45) is 5.92 Å². The average Bonchev–Trinajstić information content (AvgIpc) is 2.73. The van der Waals surface area contributed by atoms with E-state index in [1.807, 2.05) is 23.1 Å². The van der Waals surface area contributed by atoms with Gasteiger partial charge in [-0.1, -0.05) is 6.07 Å². The Morgan fingerprint density at radius 3 is 2.71 bits per heavy atom. The predicted octanol–water partition coefficient (Wildman–Crippen LogP) is 1.85. The number of nitrogens with one attached hydrogen (secondary N) is 1. The number of hydrogen-bond donors (Lipinski definition) is 1. The van der Waals surface area contributed by atoms with Crippen LogP contribution in [0.5, 0.6) is 5.75 Å². The lowest BCUT2D eigenvalue weighted by Gasteiger charge is -2.33. The van der Waals surface area contributed by atoms with Crippen LogP contribution in [-0.4, -0.2) is 51.0 Å². The normalized spacial score (nSPS) is 17.3. The quantitative estimate of drug-likeness (QED) is 0.762. The van der Waals surface area contributed by atoms with E-state index >= 15 is 0 Å². The van der Waals surface area contributed by atoms with Crippen LogP contribution in [-0.2, 0) is 21.2 Å². The van der Waals surface area contributed by atoms with Crippen LogP contribution in [0.15, 0.2) is 53.6 Å². The molecule has 0 spiro atoms. The van der Waals surface area contributed by atoms with Crippen LogP contribution in [0.1, 0.15) is 18.5 Å². The second-order valence-corrected chi connectivity index (χ2v) is 8.64. The summed E-state index contributed by atoms with van der Waals surface area (Å²) in [5, 5.41) is 0. The third-order valence-corrected chi connectivity index (χ3v) is 6.30. The van der Waals surface area contributed by atoms with E-state index in [0.29, 0.717) is 25.4 Å². The van der Waals surface area contributed by atoms with Crippen molar-refractivity contribution in [2.45, 2.75) is 24.2 Å². The summed E-state index contributed by atoms with van der Waals surface area (Å²) in [6.45, 7) is 1.56. The maximum absolute atomic E-state index is 12.5. The fraction of sp³-hybridized carbons (Fsp3) is 0.400. The topological polar surface area (TPSA) is 88.6 Å². The molecule has 1 N–H and O–H groups in total. The molecule has 1 unspecified atom stereocenters. The van der Waals surface area contributed by atoms with Gasteiger partial charge in [0.1, 0.15) is 5.75 Å². The SMILES string of the molecule is COc1ccc(S(=O)(=O)NCC2CCCN(C(=O)Cc3ccccn3)C2)cc1. The van der Waals surface area contributed by atoms with Gasteiger partial charge in [-0.15, -0.1) is 0 Å². The maximum Gasteiger partial charge on any atom is 0.240 e. The molecule has 0 bridgehead atoms. The number of aromatic nitrogens is 1. The highest BCUT2D eigenvalue weighted by Crippen LogP contribution is 2.19. The molecule has 1 saturated heterocycles. The molecule has 2 aromatic rings. The second kappa shape index (κ2) is 9.16. The van der Waals surface area contributed by atoms with Crippen molar-refractivity contribution >= 4 is 15.9 Å². The van der Waals surface area contributed by atoms with Crippen molar-refractivity contribution in [1.29, 1.82) is 0 Å². The lowest BCUT2D eigenvalue weighted by molar-refractivity contribution is -0.132. The number of benzene rings is 1. The summed E-state index contributed by atoms with van der Waals surface area (Å²) in [5.41, 5.74) is 0.745. The van der Waals surface area contributed by atoms with Crippen molar-refractivity contribution in [3.8, 4) is 5.75 Å². The fourth-order valence-corrected chi connectivity index (χ4v) is 4.41. The van der Waals surface area contributed by atoms with Gasteiger partial charge in [0.15, 0.2) is 0 Å². The molecule has 150 valence electrons. The van der Waals surface area contributed by atoms with Crippen molar-refractivity contribution in [1.82, 2.24) is 14.6 Å². The Morgan fingerprint density at radius 2 is 2.04 bits per heavy atom. The van der Waals surface area contributed by atoms with Crippen LogP contribution in [0.25, 0.3) is 0 Å². The smallest absolute Gasteiger partial charge is 0.240 e. The number of pyridine rings is 1. The Labute approximate surface area is 165 Å². The monoisotopic (exact) mass is 403 g/mol. The van der Waals surface area contributed by atoms with Gasteiger partial charge in [-0.2, -0.15) is 0 Å². The van der Waals surface area contributed by atoms with Crippen molar-refractivity contribution in [3.63, 3.8) is 0 Å². The molecular weight excluding hydrogens is 378 g/mol. The number of piperidine rings is 1.